The van der Waals surface area contributed by atoms with Crippen molar-refractivity contribution in [2.75, 3.05) is 19.6 Å². The molecule has 11 heteroatoms. The molecule has 9 nitrogen and oxygen atoms in total. The molecule has 1 aromatic rings. The molecule has 34 heavy (non-hydrogen) atoms. The zero-order valence-electron chi connectivity index (χ0n) is 19.3. The normalized spacial score (nSPS) is 26.2. The van der Waals surface area contributed by atoms with Crippen molar-refractivity contribution in [3.63, 3.8) is 0 Å². The highest BCUT2D eigenvalue weighted by molar-refractivity contribution is 7.89. The van der Waals surface area contributed by atoms with Gasteiger partial charge in [0.2, 0.25) is 15.9 Å². The zero-order chi connectivity index (χ0) is 24.5. The average Bonchev–Trinajstić information content (AvgIpc) is 3.04. The smallest absolute Gasteiger partial charge is 0.325 e. The second-order valence-electron chi connectivity index (χ2n) is 9.49. The van der Waals surface area contributed by atoms with Gasteiger partial charge in [0.05, 0.1) is 4.90 Å². The van der Waals surface area contributed by atoms with Crippen LogP contribution in [-0.4, -0.2) is 67.3 Å². The van der Waals surface area contributed by atoms with Crippen molar-refractivity contribution in [2.24, 2.45) is 5.92 Å². The Kier molecular flexibility index (Phi) is 6.95. The van der Waals surface area contributed by atoms with Crippen molar-refractivity contribution in [1.29, 1.82) is 0 Å². The summed E-state index contributed by atoms with van der Waals surface area (Å²) in [5.74, 6) is -0.603. The predicted molar refractivity (Wildman–Crippen MR) is 122 cm³/mol. The Labute approximate surface area is 199 Å². The van der Waals surface area contributed by atoms with Crippen LogP contribution in [0, 0.1) is 11.7 Å². The number of nitrogens with one attached hydrogen (secondary N) is 2. The second kappa shape index (κ2) is 9.61. The van der Waals surface area contributed by atoms with E-state index >= 15 is 0 Å². The zero-order valence-corrected chi connectivity index (χ0v) is 20.1. The van der Waals surface area contributed by atoms with Crippen LogP contribution in [0.1, 0.15) is 51.9 Å². The quantitative estimate of drug-likeness (QED) is 0.587. The Balaban J connectivity index is 1.29. The minimum atomic E-state index is -3.80. The molecule has 0 atom stereocenters. The predicted octanol–water partition coefficient (Wildman–Crippen LogP) is 1.99. The highest BCUT2D eigenvalue weighted by atomic mass is 32.2. The van der Waals surface area contributed by atoms with Crippen molar-refractivity contribution < 1.29 is 27.2 Å². The van der Waals surface area contributed by atoms with Crippen molar-refractivity contribution in [2.45, 2.75) is 68.3 Å². The molecule has 2 heterocycles. The SMILES string of the molecule is CCC1CCC2(CC1)NC(=O)N(CC(=O)N1CCC(NS(=O)(=O)c3ccc(F)cc3)CC1)C2=O. The topological polar surface area (TPSA) is 116 Å². The molecule has 2 aliphatic heterocycles. The van der Waals surface area contributed by atoms with Crippen LogP contribution >= 0.6 is 0 Å². The first-order valence-corrected chi connectivity index (χ1v) is 13.3. The fraction of sp³-hybridized carbons (Fsp3) is 0.609. The molecule has 1 aliphatic carbocycles. The lowest BCUT2D eigenvalue weighted by atomic mass is 9.75. The van der Waals surface area contributed by atoms with E-state index in [1.54, 1.807) is 4.90 Å². The first-order chi connectivity index (χ1) is 16.1. The van der Waals surface area contributed by atoms with Gasteiger partial charge in [-0.05, 0) is 68.7 Å². The minimum absolute atomic E-state index is 0.0205. The summed E-state index contributed by atoms with van der Waals surface area (Å²) < 4.78 is 40.7. The van der Waals surface area contributed by atoms with Crippen LogP contribution in [0.3, 0.4) is 0 Å². The molecule has 1 aromatic carbocycles. The van der Waals surface area contributed by atoms with Crippen molar-refractivity contribution >= 4 is 27.9 Å². The maximum absolute atomic E-state index is 13.1. The van der Waals surface area contributed by atoms with Crippen LogP contribution in [-0.2, 0) is 19.6 Å². The number of hydrogen-bond donors (Lipinski definition) is 2. The number of likely N-dealkylation sites (tertiary alicyclic amines) is 1. The van der Waals surface area contributed by atoms with Gasteiger partial charge in [0.1, 0.15) is 17.9 Å². The molecular weight excluding hydrogens is 463 g/mol. The number of sulfonamides is 1. The molecule has 4 amide bonds. The molecule has 3 aliphatic rings. The third-order valence-electron chi connectivity index (χ3n) is 7.37. The number of carbonyl (C=O) groups is 3. The summed E-state index contributed by atoms with van der Waals surface area (Å²) in [7, 11) is -3.80. The molecule has 0 bridgehead atoms. The largest absolute Gasteiger partial charge is 0.341 e. The van der Waals surface area contributed by atoms with Crippen LogP contribution in [0.4, 0.5) is 9.18 Å². The van der Waals surface area contributed by atoms with Gasteiger partial charge in [0, 0.05) is 19.1 Å². The van der Waals surface area contributed by atoms with E-state index in [-0.39, 0.29) is 29.3 Å². The maximum atomic E-state index is 13.1. The molecule has 186 valence electrons. The van der Waals surface area contributed by atoms with Gasteiger partial charge in [0.15, 0.2) is 0 Å². The number of benzene rings is 1. The van der Waals surface area contributed by atoms with Crippen LogP contribution in [0.2, 0.25) is 0 Å². The summed E-state index contributed by atoms with van der Waals surface area (Å²) >= 11 is 0. The van der Waals surface area contributed by atoms with Crippen molar-refractivity contribution in [1.82, 2.24) is 19.8 Å². The Morgan fingerprint density at radius 1 is 1.12 bits per heavy atom. The molecule has 0 unspecified atom stereocenters. The van der Waals surface area contributed by atoms with Crippen LogP contribution in [0.25, 0.3) is 0 Å². The minimum Gasteiger partial charge on any atom is -0.341 e. The van der Waals surface area contributed by atoms with E-state index in [1.807, 2.05) is 0 Å². The van der Waals surface area contributed by atoms with Crippen molar-refractivity contribution in [3.8, 4) is 0 Å². The number of rotatable bonds is 6. The number of carbonyl (C=O) groups excluding carboxylic acids is 3. The van der Waals surface area contributed by atoms with Crippen LogP contribution in [0.15, 0.2) is 29.2 Å². The molecule has 0 radical (unpaired) electrons. The number of amides is 4. The maximum Gasteiger partial charge on any atom is 0.325 e. The van der Waals surface area contributed by atoms with E-state index in [1.165, 1.54) is 12.1 Å². The number of urea groups is 1. The van der Waals surface area contributed by atoms with Gasteiger partial charge in [0.25, 0.3) is 5.91 Å². The van der Waals surface area contributed by atoms with Gasteiger partial charge in [-0.3, -0.25) is 14.5 Å². The van der Waals surface area contributed by atoms with E-state index in [4.69, 9.17) is 0 Å². The molecular formula is C23H31FN4O5S. The molecule has 1 saturated carbocycles. The van der Waals surface area contributed by atoms with Gasteiger partial charge < -0.3 is 10.2 Å². The van der Waals surface area contributed by atoms with E-state index in [2.05, 4.69) is 17.0 Å². The number of piperidine rings is 1. The summed E-state index contributed by atoms with van der Waals surface area (Å²) in [6.45, 7) is 2.43. The van der Waals surface area contributed by atoms with E-state index in [0.29, 0.717) is 44.7 Å². The lowest BCUT2D eigenvalue weighted by Crippen LogP contribution is -2.51. The molecule has 3 fully saturated rings. The highest BCUT2D eigenvalue weighted by Gasteiger charge is 2.52. The van der Waals surface area contributed by atoms with Gasteiger partial charge in [-0.15, -0.1) is 0 Å². The van der Waals surface area contributed by atoms with E-state index < -0.39 is 27.4 Å². The summed E-state index contributed by atoms with van der Waals surface area (Å²) in [4.78, 5) is 41.0. The molecule has 1 spiro atoms. The lowest BCUT2D eigenvalue weighted by molar-refractivity contribution is -0.140. The van der Waals surface area contributed by atoms with Crippen molar-refractivity contribution in [3.05, 3.63) is 30.1 Å². The Morgan fingerprint density at radius 2 is 1.74 bits per heavy atom. The summed E-state index contributed by atoms with van der Waals surface area (Å²) in [6.07, 6.45) is 4.80. The Morgan fingerprint density at radius 3 is 2.32 bits per heavy atom. The van der Waals surface area contributed by atoms with Gasteiger partial charge in [-0.1, -0.05) is 13.3 Å². The third kappa shape index (κ3) is 4.95. The van der Waals surface area contributed by atoms with E-state index in [9.17, 15) is 27.2 Å². The number of hydrogen-bond acceptors (Lipinski definition) is 5. The first-order valence-electron chi connectivity index (χ1n) is 11.8. The standard InChI is InChI=1S/C23H31FN4O5S/c1-2-16-7-11-23(12-8-16)21(30)28(22(31)25-23)15-20(29)27-13-9-18(10-14-27)26-34(32,33)19-5-3-17(24)4-6-19/h3-6,16,18,26H,2,7-15H2,1H3,(H,25,31). The summed E-state index contributed by atoms with van der Waals surface area (Å²) in [6, 6.07) is 3.70. The van der Waals surface area contributed by atoms with Crippen LogP contribution in [0.5, 0.6) is 0 Å². The third-order valence-corrected chi connectivity index (χ3v) is 8.91. The monoisotopic (exact) mass is 494 g/mol. The van der Waals surface area contributed by atoms with Crippen LogP contribution < -0.4 is 10.0 Å². The highest BCUT2D eigenvalue weighted by Crippen LogP contribution is 2.37. The molecule has 2 saturated heterocycles. The molecule has 4 rings (SSSR count). The summed E-state index contributed by atoms with van der Waals surface area (Å²) in [5.41, 5.74) is -0.880. The lowest BCUT2D eigenvalue weighted by Gasteiger charge is -2.35. The van der Waals surface area contributed by atoms with Gasteiger partial charge in [-0.25, -0.2) is 22.3 Å². The van der Waals surface area contributed by atoms with Gasteiger partial charge >= 0.3 is 6.03 Å². The average molecular weight is 495 g/mol. The molecule has 2 N–H and O–H groups in total. The number of imide groups is 1. The number of halogens is 1. The van der Waals surface area contributed by atoms with E-state index in [0.717, 1.165) is 36.3 Å². The Bertz CT molecular complexity index is 1050. The second-order valence-corrected chi connectivity index (χ2v) is 11.2. The fourth-order valence-corrected chi connectivity index (χ4v) is 6.43. The van der Waals surface area contributed by atoms with Gasteiger partial charge in [-0.2, -0.15) is 0 Å². The fourth-order valence-electron chi connectivity index (χ4n) is 5.12. The first kappa shape index (κ1) is 24.6. The molecule has 0 aromatic heterocycles. The number of nitrogens with zero attached hydrogens (tertiary/aromatic N) is 2. The Hall–Kier alpha value is -2.53. The summed E-state index contributed by atoms with van der Waals surface area (Å²) in [5, 5.41) is 2.84.